The first-order valence-electron chi connectivity index (χ1n) is 10.3. The van der Waals surface area contributed by atoms with E-state index in [1.54, 1.807) is 18.1 Å². The highest BCUT2D eigenvalue weighted by Gasteiger charge is 2.23. The Labute approximate surface area is 200 Å². The van der Waals surface area contributed by atoms with Gasteiger partial charge in [-0.05, 0) is 37.1 Å². The van der Waals surface area contributed by atoms with E-state index in [-0.39, 0.29) is 27.7 Å². The van der Waals surface area contributed by atoms with Gasteiger partial charge in [0.25, 0.3) is 0 Å². The van der Waals surface area contributed by atoms with Crippen LogP contribution in [0.1, 0.15) is 12.8 Å². The first-order chi connectivity index (χ1) is 15.9. The summed E-state index contributed by atoms with van der Waals surface area (Å²) in [6.07, 6.45) is 4.29. The minimum atomic E-state index is -0.663. The minimum Gasteiger partial charge on any atom is -0.495 e. The molecular weight excluding hydrogens is 468 g/mol. The van der Waals surface area contributed by atoms with Crippen LogP contribution in [0.3, 0.4) is 0 Å². The smallest absolute Gasteiger partial charge is 0.245 e. The third-order valence-corrected chi connectivity index (χ3v) is 6.37. The lowest BCUT2D eigenvalue weighted by Gasteiger charge is -2.32. The molecule has 0 spiro atoms. The second kappa shape index (κ2) is 9.80. The maximum Gasteiger partial charge on any atom is 0.245 e. The summed E-state index contributed by atoms with van der Waals surface area (Å²) >= 11 is 11.8. The zero-order valence-corrected chi connectivity index (χ0v) is 19.4. The van der Waals surface area contributed by atoms with Crippen LogP contribution in [-0.2, 0) is 4.79 Å². The second-order valence-corrected chi connectivity index (χ2v) is 8.37. The van der Waals surface area contributed by atoms with E-state index in [2.05, 4.69) is 27.2 Å². The van der Waals surface area contributed by atoms with Crippen LogP contribution in [0.5, 0.6) is 5.75 Å². The van der Waals surface area contributed by atoms with Crippen LogP contribution in [-0.4, -0.2) is 47.0 Å². The third kappa shape index (κ3) is 4.82. The Kier molecular flexibility index (Phi) is 6.85. The molecule has 0 unspecified atom stereocenters. The quantitative estimate of drug-likeness (QED) is 0.355. The fraction of sp³-hybridized carbons (Fsp3) is 0.261. The third-order valence-electron chi connectivity index (χ3n) is 5.59. The van der Waals surface area contributed by atoms with Gasteiger partial charge in [-0.15, -0.1) is 0 Å². The number of hydrogen-bond acceptors (Lipinski definition) is 6. The van der Waals surface area contributed by atoms with E-state index in [1.807, 2.05) is 6.07 Å². The number of amides is 1. The van der Waals surface area contributed by atoms with E-state index in [1.165, 1.54) is 24.5 Å². The van der Waals surface area contributed by atoms with Gasteiger partial charge >= 0.3 is 0 Å². The molecule has 2 aromatic carbocycles. The van der Waals surface area contributed by atoms with Crippen molar-refractivity contribution in [2.24, 2.45) is 0 Å². The molecular formula is C23H22Cl2FN5O2. The first-order valence-corrected chi connectivity index (χ1v) is 11.1. The number of halogens is 3. The molecule has 1 aromatic heterocycles. The number of hydrogen-bond donors (Lipinski definition) is 2. The SMILES string of the molecule is C=CC(=O)N1CCC(Nc2cc3c(Nc4ccc(Cl)c(Cl)c4F)ncnc3cc2OC)CC1. The van der Waals surface area contributed by atoms with Gasteiger partial charge in [-0.1, -0.05) is 29.8 Å². The number of aromatic nitrogens is 2. The van der Waals surface area contributed by atoms with Crippen molar-refractivity contribution in [2.75, 3.05) is 30.8 Å². The molecule has 0 saturated carbocycles. The maximum absolute atomic E-state index is 14.6. The number of methoxy groups -OCH3 is 1. The van der Waals surface area contributed by atoms with Gasteiger partial charge in [-0.2, -0.15) is 0 Å². The molecule has 0 aliphatic carbocycles. The van der Waals surface area contributed by atoms with E-state index in [0.29, 0.717) is 35.6 Å². The average Bonchev–Trinajstić information content (AvgIpc) is 2.84. The van der Waals surface area contributed by atoms with Crippen LogP contribution in [0.15, 0.2) is 43.2 Å². The lowest BCUT2D eigenvalue weighted by atomic mass is 10.0. The van der Waals surface area contributed by atoms with Gasteiger partial charge in [0.2, 0.25) is 5.91 Å². The molecule has 10 heteroatoms. The van der Waals surface area contributed by atoms with E-state index >= 15 is 0 Å². The van der Waals surface area contributed by atoms with E-state index < -0.39 is 5.82 Å². The molecule has 4 rings (SSSR count). The Morgan fingerprint density at radius 3 is 2.70 bits per heavy atom. The van der Waals surface area contributed by atoms with Gasteiger partial charge in [0.05, 0.1) is 34.0 Å². The fourth-order valence-corrected chi connectivity index (χ4v) is 4.12. The molecule has 1 fully saturated rings. The number of anilines is 3. The summed E-state index contributed by atoms with van der Waals surface area (Å²) in [5.41, 5.74) is 1.53. The van der Waals surface area contributed by atoms with Gasteiger partial charge in [0.1, 0.15) is 17.9 Å². The lowest BCUT2D eigenvalue weighted by Crippen LogP contribution is -2.41. The molecule has 2 heterocycles. The summed E-state index contributed by atoms with van der Waals surface area (Å²) in [5, 5.41) is 7.13. The van der Waals surface area contributed by atoms with Gasteiger partial charge in [-0.25, -0.2) is 14.4 Å². The molecule has 0 radical (unpaired) electrons. The maximum atomic E-state index is 14.6. The van der Waals surface area contributed by atoms with Crippen molar-refractivity contribution >= 4 is 57.2 Å². The van der Waals surface area contributed by atoms with Crippen molar-refractivity contribution in [1.29, 1.82) is 0 Å². The molecule has 1 amide bonds. The van der Waals surface area contributed by atoms with Crippen LogP contribution < -0.4 is 15.4 Å². The number of benzene rings is 2. The number of nitrogens with one attached hydrogen (secondary N) is 2. The van der Waals surface area contributed by atoms with Crippen LogP contribution in [0.2, 0.25) is 10.0 Å². The van der Waals surface area contributed by atoms with Gasteiger partial charge in [-0.3, -0.25) is 4.79 Å². The highest BCUT2D eigenvalue weighted by atomic mass is 35.5. The Morgan fingerprint density at radius 2 is 2.00 bits per heavy atom. The standard InChI is InChI=1S/C23H22Cl2FN5O2/c1-3-20(32)31-8-6-13(7-9-31)29-18-10-14-17(11-19(18)33-2)27-12-28-23(14)30-16-5-4-15(24)21(25)22(16)26/h3-5,10-13,29H,1,6-9H2,2H3,(H,27,28,30). The normalized spacial score (nSPS) is 14.2. The van der Waals surface area contributed by atoms with Crippen LogP contribution in [0, 0.1) is 5.82 Å². The summed E-state index contributed by atoms with van der Waals surface area (Å²) in [5.74, 6) is 0.314. The molecule has 0 bridgehead atoms. The van der Waals surface area contributed by atoms with Crippen LogP contribution in [0.25, 0.3) is 10.9 Å². The number of piperidine rings is 1. The molecule has 2 N–H and O–H groups in total. The summed E-state index contributed by atoms with van der Waals surface area (Å²) in [7, 11) is 1.59. The average molecular weight is 490 g/mol. The second-order valence-electron chi connectivity index (χ2n) is 7.59. The van der Waals surface area contributed by atoms with Gasteiger partial charge < -0.3 is 20.3 Å². The number of fused-ring (bicyclic) bond motifs is 1. The highest BCUT2D eigenvalue weighted by Crippen LogP contribution is 2.36. The number of nitrogens with zero attached hydrogens (tertiary/aromatic N) is 3. The number of carbonyl (C=O) groups excluding carboxylic acids is 1. The van der Waals surface area contributed by atoms with Crippen molar-refractivity contribution in [3.63, 3.8) is 0 Å². The number of carbonyl (C=O) groups is 1. The largest absolute Gasteiger partial charge is 0.495 e. The van der Waals surface area contributed by atoms with Crippen LogP contribution in [0.4, 0.5) is 21.6 Å². The molecule has 1 aliphatic rings. The lowest BCUT2D eigenvalue weighted by molar-refractivity contribution is -0.126. The molecule has 3 aromatic rings. The molecule has 7 nitrogen and oxygen atoms in total. The summed E-state index contributed by atoms with van der Waals surface area (Å²) < 4.78 is 20.1. The number of ether oxygens (including phenoxy) is 1. The fourth-order valence-electron chi connectivity index (χ4n) is 3.81. The molecule has 0 atom stereocenters. The summed E-state index contributed by atoms with van der Waals surface area (Å²) in [6.45, 7) is 4.84. The Balaban J connectivity index is 1.63. The Morgan fingerprint density at radius 1 is 1.24 bits per heavy atom. The Bertz CT molecular complexity index is 1220. The van der Waals surface area contributed by atoms with E-state index in [4.69, 9.17) is 27.9 Å². The van der Waals surface area contributed by atoms with E-state index in [9.17, 15) is 9.18 Å². The highest BCUT2D eigenvalue weighted by molar-refractivity contribution is 6.42. The molecule has 33 heavy (non-hydrogen) atoms. The van der Waals surface area contributed by atoms with Crippen molar-refractivity contribution in [3.05, 3.63) is 59.1 Å². The number of likely N-dealkylation sites (tertiary alicyclic amines) is 1. The van der Waals surface area contributed by atoms with Crippen LogP contribution >= 0.6 is 23.2 Å². The predicted molar refractivity (Wildman–Crippen MR) is 129 cm³/mol. The van der Waals surface area contributed by atoms with E-state index in [0.717, 1.165) is 18.5 Å². The predicted octanol–water partition coefficient (Wildman–Crippen LogP) is 5.42. The topological polar surface area (TPSA) is 79.4 Å². The summed E-state index contributed by atoms with van der Waals surface area (Å²) in [4.78, 5) is 22.2. The molecule has 172 valence electrons. The minimum absolute atomic E-state index is 0.0564. The molecule has 1 saturated heterocycles. The monoisotopic (exact) mass is 489 g/mol. The van der Waals surface area contributed by atoms with Gasteiger partial charge in [0.15, 0.2) is 5.82 Å². The summed E-state index contributed by atoms with van der Waals surface area (Å²) in [6, 6.07) is 6.83. The Hall–Kier alpha value is -3.10. The van der Waals surface area contributed by atoms with Crippen molar-refractivity contribution in [1.82, 2.24) is 14.9 Å². The van der Waals surface area contributed by atoms with Gasteiger partial charge in [0, 0.05) is 30.6 Å². The number of rotatable bonds is 6. The van der Waals surface area contributed by atoms with Crippen molar-refractivity contribution in [2.45, 2.75) is 18.9 Å². The zero-order chi connectivity index (χ0) is 23.5. The molecule has 1 aliphatic heterocycles. The van der Waals surface area contributed by atoms with Crippen molar-refractivity contribution < 1.29 is 13.9 Å². The van der Waals surface area contributed by atoms with Crippen molar-refractivity contribution in [3.8, 4) is 5.75 Å². The zero-order valence-electron chi connectivity index (χ0n) is 17.9. The first kappa shape index (κ1) is 23.1.